The molecule has 188 valence electrons. The van der Waals surface area contributed by atoms with Gasteiger partial charge in [-0.15, -0.1) is 24.8 Å². The lowest BCUT2D eigenvalue weighted by atomic mass is 9.77. The number of carbonyl (C=O) groups is 1. The Labute approximate surface area is 210 Å². The zero-order valence-electron chi connectivity index (χ0n) is 19.8. The number of methoxy groups -OCH3 is 1. The fourth-order valence-corrected chi connectivity index (χ4v) is 5.70. The number of amides is 1. The maximum Gasteiger partial charge on any atom is 0.253 e. The molecule has 33 heavy (non-hydrogen) atoms. The first-order valence-corrected chi connectivity index (χ1v) is 11.8. The lowest BCUT2D eigenvalue weighted by molar-refractivity contribution is -0.0249. The van der Waals surface area contributed by atoms with Crippen molar-refractivity contribution < 1.29 is 14.6 Å². The number of ether oxygens (including phenoxy) is 1. The van der Waals surface area contributed by atoms with Gasteiger partial charge in [-0.05, 0) is 74.9 Å². The molecule has 0 unspecified atom stereocenters. The monoisotopic (exact) mass is 502 g/mol. The summed E-state index contributed by atoms with van der Waals surface area (Å²) in [6.45, 7) is 6.33. The Morgan fingerprint density at radius 3 is 2.42 bits per heavy atom. The van der Waals surface area contributed by atoms with Crippen molar-refractivity contribution in [1.29, 1.82) is 0 Å². The number of benzene rings is 1. The van der Waals surface area contributed by atoms with Crippen molar-refractivity contribution in [2.45, 2.75) is 37.8 Å². The second kappa shape index (κ2) is 12.6. The van der Waals surface area contributed by atoms with Crippen LogP contribution < -0.4 is 10.5 Å². The predicted molar refractivity (Wildman–Crippen MR) is 136 cm³/mol. The van der Waals surface area contributed by atoms with Crippen LogP contribution in [0.3, 0.4) is 0 Å². The molecule has 0 bridgehead atoms. The van der Waals surface area contributed by atoms with E-state index in [0.29, 0.717) is 18.4 Å². The van der Waals surface area contributed by atoms with Gasteiger partial charge in [0.1, 0.15) is 5.75 Å². The number of aliphatic hydroxyl groups excluding tert-OH is 1. The van der Waals surface area contributed by atoms with E-state index in [0.717, 1.165) is 81.8 Å². The highest BCUT2D eigenvalue weighted by Gasteiger charge is 2.45. The van der Waals surface area contributed by atoms with Gasteiger partial charge in [-0.1, -0.05) is 0 Å². The number of piperazine rings is 1. The smallest absolute Gasteiger partial charge is 0.253 e. The van der Waals surface area contributed by atoms with E-state index >= 15 is 0 Å². The van der Waals surface area contributed by atoms with Crippen molar-refractivity contribution in [2.24, 2.45) is 17.6 Å². The minimum atomic E-state index is -0.288. The van der Waals surface area contributed by atoms with E-state index < -0.39 is 0 Å². The van der Waals surface area contributed by atoms with Gasteiger partial charge in [-0.2, -0.15) is 0 Å². The van der Waals surface area contributed by atoms with Crippen LogP contribution in [0.4, 0.5) is 0 Å². The normalized spacial score (nSPS) is 27.9. The first-order chi connectivity index (χ1) is 15.0. The highest BCUT2D eigenvalue weighted by atomic mass is 35.5. The lowest BCUT2D eigenvalue weighted by Gasteiger charge is -2.44. The molecule has 0 radical (unpaired) electrons. The molecule has 1 aromatic rings. The van der Waals surface area contributed by atoms with Crippen LogP contribution in [0.5, 0.6) is 5.75 Å². The summed E-state index contributed by atoms with van der Waals surface area (Å²) in [4.78, 5) is 20.1. The average molecular weight is 504 g/mol. The molecular formula is C24H40Cl2N4O3. The number of hydrogen-bond donors (Lipinski definition) is 2. The van der Waals surface area contributed by atoms with Crippen LogP contribution in [0.1, 0.15) is 35.2 Å². The van der Waals surface area contributed by atoms with E-state index in [1.807, 2.05) is 23.1 Å². The quantitative estimate of drug-likeness (QED) is 0.617. The molecular weight excluding hydrogens is 463 g/mol. The first kappa shape index (κ1) is 28.1. The molecule has 9 heteroatoms. The molecule has 3 aliphatic rings. The Kier molecular flexibility index (Phi) is 10.7. The van der Waals surface area contributed by atoms with Crippen molar-refractivity contribution >= 4 is 30.7 Å². The molecule has 3 fully saturated rings. The van der Waals surface area contributed by atoms with E-state index in [9.17, 15) is 9.90 Å². The van der Waals surface area contributed by atoms with Crippen LogP contribution in [0.15, 0.2) is 18.2 Å². The standard InChI is InChI=1S/C24H38N4O3.2ClH/c1-26-8-10-27(11-9-26)21-13-19-15-28(16-20(19)14-22(21)29)24(30)18-5-6-23(31-2)17(12-18)4-3-7-25;;/h5-6,12,19-22,29H,3-4,7-11,13-16,25H2,1-2H3;2*1H/t19-,20+,21-,22-;;/m1../s1. The molecule has 7 nitrogen and oxygen atoms in total. The summed E-state index contributed by atoms with van der Waals surface area (Å²) in [5.41, 5.74) is 7.44. The van der Waals surface area contributed by atoms with Gasteiger partial charge in [0, 0.05) is 50.9 Å². The third-order valence-corrected chi connectivity index (χ3v) is 7.58. The van der Waals surface area contributed by atoms with Crippen LogP contribution in [0.25, 0.3) is 0 Å². The van der Waals surface area contributed by atoms with Crippen LogP contribution in [-0.2, 0) is 6.42 Å². The van der Waals surface area contributed by atoms with E-state index in [-0.39, 0.29) is 42.9 Å². The van der Waals surface area contributed by atoms with Gasteiger partial charge < -0.3 is 25.4 Å². The summed E-state index contributed by atoms with van der Waals surface area (Å²) in [6.07, 6.45) is 3.18. The molecule has 1 aromatic carbocycles. The Bertz CT molecular complexity index is 776. The third kappa shape index (κ3) is 6.32. The number of likely N-dealkylation sites (N-methyl/N-ethyl adjacent to an activating group) is 1. The molecule has 0 spiro atoms. The zero-order valence-corrected chi connectivity index (χ0v) is 21.5. The number of halogens is 2. The maximum absolute atomic E-state index is 13.3. The number of carbonyl (C=O) groups excluding carboxylic acids is 1. The first-order valence-electron chi connectivity index (χ1n) is 11.8. The molecule has 1 saturated carbocycles. The van der Waals surface area contributed by atoms with Gasteiger partial charge in [0.25, 0.3) is 5.91 Å². The minimum absolute atomic E-state index is 0. The summed E-state index contributed by atoms with van der Waals surface area (Å²) in [6, 6.07) is 5.97. The highest BCUT2D eigenvalue weighted by molar-refractivity contribution is 5.94. The number of likely N-dealkylation sites (tertiary alicyclic amines) is 1. The molecule has 2 saturated heterocycles. The Morgan fingerprint density at radius 1 is 1.12 bits per heavy atom. The molecule has 3 N–H and O–H groups in total. The summed E-state index contributed by atoms with van der Waals surface area (Å²) in [7, 11) is 3.82. The zero-order chi connectivity index (χ0) is 22.0. The number of fused-ring (bicyclic) bond motifs is 1. The Morgan fingerprint density at radius 2 is 1.79 bits per heavy atom. The van der Waals surface area contributed by atoms with E-state index in [2.05, 4.69) is 16.8 Å². The number of nitrogens with zero attached hydrogens (tertiary/aromatic N) is 3. The van der Waals surface area contributed by atoms with Crippen molar-refractivity contribution in [3.8, 4) is 5.75 Å². The topological polar surface area (TPSA) is 82.3 Å². The van der Waals surface area contributed by atoms with E-state index in [1.54, 1.807) is 7.11 Å². The molecule has 2 aliphatic heterocycles. The van der Waals surface area contributed by atoms with Gasteiger partial charge in [0.2, 0.25) is 0 Å². The molecule has 1 aliphatic carbocycles. The van der Waals surface area contributed by atoms with E-state index in [1.165, 1.54) is 0 Å². The second-order valence-electron chi connectivity index (χ2n) is 9.59. The minimum Gasteiger partial charge on any atom is -0.496 e. The van der Waals surface area contributed by atoms with Crippen molar-refractivity contribution in [3.63, 3.8) is 0 Å². The third-order valence-electron chi connectivity index (χ3n) is 7.58. The van der Waals surface area contributed by atoms with Crippen LogP contribution in [-0.4, -0.2) is 97.8 Å². The SMILES string of the molecule is COc1ccc(C(=O)N2C[C@H]3C[C@@H](N4CCN(C)CC4)[C@H](O)C[C@H]3C2)cc1CCCN.Cl.Cl. The second-order valence-corrected chi connectivity index (χ2v) is 9.59. The molecule has 4 rings (SSSR count). The van der Waals surface area contributed by atoms with Crippen LogP contribution in [0.2, 0.25) is 0 Å². The maximum atomic E-state index is 13.3. The highest BCUT2D eigenvalue weighted by Crippen LogP contribution is 2.39. The summed E-state index contributed by atoms with van der Waals surface area (Å²) in [5, 5.41) is 10.9. The Balaban J connectivity index is 0.00000193. The fraction of sp³-hybridized carbons (Fsp3) is 0.708. The predicted octanol–water partition coefficient (Wildman–Crippen LogP) is 1.89. The number of aryl methyl sites for hydroxylation is 1. The molecule has 4 atom stereocenters. The molecule has 2 heterocycles. The number of rotatable bonds is 6. The van der Waals surface area contributed by atoms with Gasteiger partial charge in [0.05, 0.1) is 13.2 Å². The number of aliphatic hydroxyl groups is 1. The van der Waals surface area contributed by atoms with Gasteiger partial charge in [-0.3, -0.25) is 9.69 Å². The van der Waals surface area contributed by atoms with Gasteiger partial charge >= 0.3 is 0 Å². The summed E-state index contributed by atoms with van der Waals surface area (Å²) < 4.78 is 5.47. The Hall–Kier alpha value is -1.09. The molecule has 0 aromatic heterocycles. The summed E-state index contributed by atoms with van der Waals surface area (Å²) in [5.74, 6) is 1.79. The molecule has 1 amide bonds. The van der Waals surface area contributed by atoms with E-state index in [4.69, 9.17) is 10.5 Å². The van der Waals surface area contributed by atoms with Crippen molar-refractivity contribution in [3.05, 3.63) is 29.3 Å². The van der Waals surface area contributed by atoms with Gasteiger partial charge in [-0.25, -0.2) is 0 Å². The van der Waals surface area contributed by atoms with Crippen molar-refractivity contribution in [1.82, 2.24) is 14.7 Å². The van der Waals surface area contributed by atoms with Crippen LogP contribution >= 0.6 is 24.8 Å². The lowest BCUT2D eigenvalue weighted by Crippen LogP contribution is -2.55. The number of nitrogens with two attached hydrogens (primary N) is 1. The van der Waals surface area contributed by atoms with Crippen molar-refractivity contribution in [2.75, 3.05) is 60.0 Å². The van der Waals surface area contributed by atoms with Gasteiger partial charge in [0.15, 0.2) is 0 Å². The number of hydrogen-bond acceptors (Lipinski definition) is 6. The largest absolute Gasteiger partial charge is 0.496 e. The van der Waals surface area contributed by atoms with Crippen LogP contribution in [0, 0.1) is 11.8 Å². The average Bonchev–Trinajstić information content (AvgIpc) is 3.19. The fourth-order valence-electron chi connectivity index (χ4n) is 5.70. The summed E-state index contributed by atoms with van der Waals surface area (Å²) >= 11 is 0.